The van der Waals surface area contributed by atoms with Crippen LogP contribution in [0.3, 0.4) is 0 Å². The maximum absolute atomic E-state index is 14.3. The van der Waals surface area contributed by atoms with Crippen LogP contribution in [0.15, 0.2) is 30.3 Å². The highest BCUT2D eigenvalue weighted by molar-refractivity contribution is 5.98. The first-order valence-electron chi connectivity index (χ1n) is 9.14. The van der Waals surface area contributed by atoms with Gasteiger partial charge in [0.15, 0.2) is 0 Å². The second-order valence-electron chi connectivity index (χ2n) is 7.48. The monoisotopic (exact) mass is 364 g/mol. The molecule has 0 N–H and O–H groups in total. The molecule has 3 aliphatic rings. The van der Waals surface area contributed by atoms with E-state index in [1.807, 2.05) is 0 Å². The number of halogens is 2. The van der Waals surface area contributed by atoms with Crippen LogP contribution < -0.4 is 4.90 Å². The van der Waals surface area contributed by atoms with Gasteiger partial charge in [0, 0.05) is 24.7 Å². The Morgan fingerprint density at radius 2 is 1.77 bits per heavy atom. The molecule has 1 saturated carbocycles. The molecule has 0 radical (unpaired) electrons. The number of likely N-dealkylation sites (tertiary alicyclic amines) is 1. The quantitative estimate of drug-likeness (QED) is 0.811. The minimum absolute atomic E-state index is 0.0803. The molecule has 1 spiro atoms. The molecule has 140 valence electrons. The van der Waals surface area contributed by atoms with Gasteiger partial charge in [0.2, 0.25) is 5.91 Å². The molecule has 0 aromatic heterocycles. The minimum atomic E-state index is -3.85. The number of ether oxygens (including phenoxy) is 1. The molecule has 3 fully saturated rings. The van der Waals surface area contributed by atoms with E-state index in [2.05, 4.69) is 0 Å². The number of carbonyl (C=O) groups is 2. The largest absolute Gasteiger partial charge is 0.437 e. The van der Waals surface area contributed by atoms with Gasteiger partial charge in [-0.1, -0.05) is 24.6 Å². The molecule has 2 heterocycles. The van der Waals surface area contributed by atoms with Crippen LogP contribution in [0, 0.1) is 5.92 Å². The van der Waals surface area contributed by atoms with Crippen molar-refractivity contribution in [3.63, 3.8) is 0 Å². The van der Waals surface area contributed by atoms with Crippen LogP contribution in [-0.2, 0) is 14.3 Å². The lowest BCUT2D eigenvalue weighted by Crippen LogP contribution is -2.65. The van der Waals surface area contributed by atoms with E-state index in [4.69, 9.17) is 4.74 Å². The summed E-state index contributed by atoms with van der Waals surface area (Å²) in [5.74, 6) is -1.10. The van der Waals surface area contributed by atoms with Crippen molar-refractivity contribution in [3.05, 3.63) is 30.3 Å². The van der Waals surface area contributed by atoms with Gasteiger partial charge in [-0.15, -0.1) is 0 Å². The first-order chi connectivity index (χ1) is 12.4. The van der Waals surface area contributed by atoms with E-state index in [1.165, 1.54) is 0 Å². The van der Waals surface area contributed by atoms with Gasteiger partial charge < -0.3 is 14.5 Å². The number of piperidine rings is 1. The molecular formula is C19H22F2N2O3. The Morgan fingerprint density at radius 1 is 1.12 bits per heavy atom. The van der Waals surface area contributed by atoms with Gasteiger partial charge >= 0.3 is 12.0 Å². The molecule has 1 aromatic rings. The number of amides is 2. The number of morpholine rings is 1. The topological polar surface area (TPSA) is 49.9 Å². The van der Waals surface area contributed by atoms with E-state index in [1.54, 1.807) is 35.2 Å². The van der Waals surface area contributed by atoms with Crippen molar-refractivity contribution in [3.8, 4) is 0 Å². The van der Waals surface area contributed by atoms with Crippen LogP contribution in [0.25, 0.3) is 0 Å². The average molecular weight is 364 g/mol. The molecule has 1 aromatic carbocycles. The van der Waals surface area contributed by atoms with Crippen molar-refractivity contribution in [2.45, 2.75) is 43.8 Å². The summed E-state index contributed by atoms with van der Waals surface area (Å²) in [4.78, 5) is 27.4. The zero-order chi connectivity index (χ0) is 18.4. The minimum Gasteiger partial charge on any atom is -0.342 e. The summed E-state index contributed by atoms with van der Waals surface area (Å²) in [6.45, 7) is 0.862. The van der Waals surface area contributed by atoms with Crippen molar-refractivity contribution >= 4 is 17.5 Å². The molecule has 5 nitrogen and oxygen atoms in total. The summed E-state index contributed by atoms with van der Waals surface area (Å²) in [7, 11) is 0. The summed E-state index contributed by atoms with van der Waals surface area (Å²) in [6.07, 6.45) is -0.322. The number of para-hydroxylation sites is 1. The lowest BCUT2D eigenvalue weighted by atomic mass is 9.82. The van der Waals surface area contributed by atoms with Crippen molar-refractivity contribution in [1.82, 2.24) is 4.90 Å². The summed E-state index contributed by atoms with van der Waals surface area (Å²) >= 11 is 0. The van der Waals surface area contributed by atoms with Gasteiger partial charge in [0.1, 0.15) is 0 Å². The molecule has 2 amide bonds. The molecule has 0 bridgehead atoms. The molecular weight excluding hydrogens is 342 g/mol. The van der Waals surface area contributed by atoms with Crippen molar-refractivity contribution in [2.75, 3.05) is 24.5 Å². The van der Waals surface area contributed by atoms with Crippen LogP contribution in [0.4, 0.5) is 14.5 Å². The summed E-state index contributed by atoms with van der Waals surface area (Å²) in [5, 5.41) is 0. The Labute approximate surface area is 150 Å². The smallest absolute Gasteiger partial charge is 0.342 e. The zero-order valence-corrected chi connectivity index (χ0v) is 14.5. The molecule has 2 aliphatic heterocycles. The Kier molecular flexibility index (Phi) is 4.22. The van der Waals surface area contributed by atoms with Gasteiger partial charge in [-0.2, -0.15) is 8.78 Å². The van der Waals surface area contributed by atoms with Gasteiger partial charge in [-0.05, 0) is 37.8 Å². The zero-order valence-electron chi connectivity index (χ0n) is 14.5. The fraction of sp³-hybridized carbons (Fsp3) is 0.579. The van der Waals surface area contributed by atoms with Crippen LogP contribution in [-0.4, -0.2) is 48.1 Å². The van der Waals surface area contributed by atoms with E-state index in [0.717, 1.165) is 24.2 Å². The highest BCUT2D eigenvalue weighted by atomic mass is 19.3. The van der Waals surface area contributed by atoms with E-state index in [-0.39, 0.29) is 18.4 Å². The average Bonchev–Trinajstić information content (AvgIpc) is 2.58. The number of benzene rings is 1. The van der Waals surface area contributed by atoms with Crippen LogP contribution >= 0.6 is 0 Å². The molecule has 1 aliphatic carbocycles. The van der Waals surface area contributed by atoms with Crippen LogP contribution in [0.1, 0.15) is 32.1 Å². The standard InChI is InChI=1S/C19H22F2N2O3/c20-19(21)17(25)23(15-7-2-1-3-8-15)13-18(26-19)9-11-22(12-10-18)16(24)14-5-4-6-14/h1-3,7-8,14H,4-6,9-13H2. The van der Waals surface area contributed by atoms with Crippen molar-refractivity contribution in [2.24, 2.45) is 5.92 Å². The molecule has 2 saturated heterocycles. The predicted octanol–water partition coefficient (Wildman–Crippen LogP) is 2.80. The lowest BCUT2D eigenvalue weighted by Gasteiger charge is -2.49. The summed E-state index contributed by atoms with van der Waals surface area (Å²) in [6, 6.07) is 8.48. The van der Waals surface area contributed by atoms with Gasteiger partial charge in [-0.3, -0.25) is 9.59 Å². The number of alkyl halides is 2. The Balaban J connectivity index is 1.51. The maximum Gasteiger partial charge on any atom is 0.437 e. The van der Waals surface area contributed by atoms with Crippen LogP contribution in [0.5, 0.6) is 0 Å². The molecule has 0 atom stereocenters. The highest BCUT2D eigenvalue weighted by Gasteiger charge is 2.57. The SMILES string of the molecule is O=C(C1CCC1)N1CCC2(CC1)CN(c1ccccc1)C(=O)C(F)(F)O2. The summed E-state index contributed by atoms with van der Waals surface area (Å²) in [5.41, 5.74) is -0.684. The second-order valence-corrected chi connectivity index (χ2v) is 7.48. The Bertz CT molecular complexity index is 698. The van der Waals surface area contributed by atoms with E-state index >= 15 is 0 Å². The normalized spacial score (nSPS) is 25.2. The second kappa shape index (κ2) is 6.30. The molecule has 0 unspecified atom stereocenters. The van der Waals surface area contributed by atoms with Gasteiger partial charge in [0.25, 0.3) is 0 Å². The Morgan fingerprint density at radius 3 is 2.35 bits per heavy atom. The van der Waals surface area contributed by atoms with Crippen molar-refractivity contribution < 1.29 is 23.1 Å². The predicted molar refractivity (Wildman–Crippen MR) is 90.7 cm³/mol. The summed E-state index contributed by atoms with van der Waals surface area (Å²) < 4.78 is 33.7. The number of hydrogen-bond acceptors (Lipinski definition) is 3. The fourth-order valence-electron chi connectivity index (χ4n) is 3.99. The van der Waals surface area contributed by atoms with Crippen LogP contribution in [0.2, 0.25) is 0 Å². The van der Waals surface area contributed by atoms with E-state index in [0.29, 0.717) is 31.6 Å². The lowest BCUT2D eigenvalue weighted by molar-refractivity contribution is -0.292. The number of carbonyl (C=O) groups excluding carboxylic acids is 2. The Hall–Kier alpha value is -2.02. The number of hydrogen-bond donors (Lipinski definition) is 0. The van der Waals surface area contributed by atoms with E-state index < -0.39 is 17.6 Å². The molecule has 26 heavy (non-hydrogen) atoms. The van der Waals surface area contributed by atoms with E-state index in [9.17, 15) is 18.4 Å². The van der Waals surface area contributed by atoms with Gasteiger partial charge in [0.05, 0.1) is 12.1 Å². The highest BCUT2D eigenvalue weighted by Crippen LogP contribution is 2.41. The number of nitrogens with zero attached hydrogens (tertiary/aromatic N) is 2. The number of anilines is 1. The molecule has 4 rings (SSSR count). The first kappa shape index (κ1) is 17.4. The third kappa shape index (κ3) is 2.98. The number of rotatable bonds is 2. The molecule has 7 heteroatoms. The fourth-order valence-corrected chi connectivity index (χ4v) is 3.99. The third-order valence-electron chi connectivity index (χ3n) is 5.79. The van der Waals surface area contributed by atoms with Crippen molar-refractivity contribution in [1.29, 1.82) is 0 Å². The third-order valence-corrected chi connectivity index (χ3v) is 5.79. The first-order valence-corrected chi connectivity index (χ1v) is 9.14. The van der Waals surface area contributed by atoms with Gasteiger partial charge in [-0.25, -0.2) is 0 Å². The maximum atomic E-state index is 14.3.